The number of aryl methyl sites for hydroxylation is 1. The van der Waals surface area contributed by atoms with Crippen LogP contribution in [-0.4, -0.2) is 4.98 Å². The first-order chi connectivity index (χ1) is 7.65. The maximum absolute atomic E-state index is 13.3. The topological polar surface area (TPSA) is 38.9 Å². The van der Waals surface area contributed by atoms with Crippen molar-refractivity contribution in [2.45, 2.75) is 25.7 Å². The minimum absolute atomic E-state index is 0.252. The average Bonchev–Trinajstić information content (AvgIpc) is 3.02. The zero-order valence-electron chi connectivity index (χ0n) is 9.13. The molecular weight excluding hydrogens is 203 g/mol. The highest BCUT2D eigenvalue weighted by molar-refractivity contribution is 5.92. The molecule has 0 unspecified atom stereocenters. The molecule has 2 N–H and O–H groups in total. The molecule has 1 heterocycles. The summed E-state index contributed by atoms with van der Waals surface area (Å²) in [5.74, 6) is 0.314. The molecule has 1 aromatic carbocycles. The fraction of sp³-hybridized carbons (Fsp3) is 0.308. The van der Waals surface area contributed by atoms with Crippen LogP contribution in [0.3, 0.4) is 0 Å². The number of fused-ring (bicyclic) bond motifs is 1. The summed E-state index contributed by atoms with van der Waals surface area (Å²) in [4.78, 5) is 4.59. The number of anilines is 1. The molecular formula is C13H13FN2. The minimum Gasteiger partial charge on any atom is -0.398 e. The zero-order chi connectivity index (χ0) is 11.3. The van der Waals surface area contributed by atoms with Gasteiger partial charge in [-0.3, -0.25) is 4.98 Å². The number of aromatic nitrogens is 1. The van der Waals surface area contributed by atoms with Crippen molar-refractivity contribution in [3.8, 4) is 0 Å². The molecule has 3 heteroatoms. The van der Waals surface area contributed by atoms with Gasteiger partial charge in [0.2, 0.25) is 0 Å². The first kappa shape index (κ1) is 9.58. The van der Waals surface area contributed by atoms with Crippen LogP contribution in [0.2, 0.25) is 0 Å². The van der Waals surface area contributed by atoms with Crippen molar-refractivity contribution >= 4 is 16.6 Å². The summed E-state index contributed by atoms with van der Waals surface area (Å²) >= 11 is 0. The quantitative estimate of drug-likeness (QED) is 0.795. The van der Waals surface area contributed by atoms with Crippen molar-refractivity contribution in [2.75, 3.05) is 5.73 Å². The number of benzene rings is 1. The van der Waals surface area contributed by atoms with E-state index in [0.717, 1.165) is 22.2 Å². The first-order valence-corrected chi connectivity index (χ1v) is 5.51. The molecule has 1 saturated carbocycles. The highest BCUT2D eigenvalue weighted by Crippen LogP contribution is 2.40. The van der Waals surface area contributed by atoms with Crippen molar-refractivity contribution in [3.05, 3.63) is 35.3 Å². The number of halogens is 1. The van der Waals surface area contributed by atoms with Crippen molar-refractivity contribution in [1.82, 2.24) is 4.98 Å². The Bertz CT molecular complexity index is 574. The van der Waals surface area contributed by atoms with Gasteiger partial charge in [0.05, 0.1) is 5.52 Å². The Morgan fingerprint density at radius 1 is 1.31 bits per heavy atom. The molecule has 0 radical (unpaired) electrons. The highest BCUT2D eigenvalue weighted by Gasteiger charge is 2.25. The van der Waals surface area contributed by atoms with Gasteiger partial charge in [0, 0.05) is 22.7 Å². The van der Waals surface area contributed by atoms with Gasteiger partial charge in [0.15, 0.2) is 0 Å². The van der Waals surface area contributed by atoms with E-state index in [9.17, 15) is 4.39 Å². The summed E-state index contributed by atoms with van der Waals surface area (Å²) in [5.41, 5.74) is 9.33. The van der Waals surface area contributed by atoms with Crippen LogP contribution in [0, 0.1) is 12.7 Å². The minimum atomic E-state index is -0.252. The van der Waals surface area contributed by atoms with Crippen LogP contribution >= 0.6 is 0 Å². The largest absolute Gasteiger partial charge is 0.398 e. The van der Waals surface area contributed by atoms with E-state index < -0.39 is 0 Å². The average molecular weight is 216 g/mol. The third-order valence-electron chi connectivity index (χ3n) is 3.12. The van der Waals surface area contributed by atoms with Gasteiger partial charge >= 0.3 is 0 Å². The molecule has 1 aliphatic rings. The highest BCUT2D eigenvalue weighted by atomic mass is 19.1. The second-order valence-corrected chi connectivity index (χ2v) is 4.53. The predicted molar refractivity (Wildman–Crippen MR) is 62.8 cm³/mol. The number of nitrogen functional groups attached to an aromatic ring is 1. The fourth-order valence-corrected chi connectivity index (χ4v) is 2.09. The maximum Gasteiger partial charge on any atom is 0.124 e. The van der Waals surface area contributed by atoms with Gasteiger partial charge in [0.1, 0.15) is 5.82 Å². The Hall–Kier alpha value is -1.64. The fourth-order valence-electron chi connectivity index (χ4n) is 2.09. The van der Waals surface area contributed by atoms with E-state index in [1.54, 1.807) is 0 Å². The lowest BCUT2D eigenvalue weighted by atomic mass is 10.1. The summed E-state index contributed by atoms with van der Waals surface area (Å²) in [5, 5.41) is 0.724. The van der Waals surface area contributed by atoms with Crippen molar-refractivity contribution in [3.63, 3.8) is 0 Å². The van der Waals surface area contributed by atoms with Crippen LogP contribution < -0.4 is 5.73 Å². The van der Waals surface area contributed by atoms with E-state index in [1.807, 2.05) is 13.0 Å². The molecule has 0 bridgehead atoms. The predicted octanol–water partition coefficient (Wildman–Crippen LogP) is 3.14. The van der Waals surface area contributed by atoms with E-state index in [1.165, 1.54) is 25.0 Å². The number of nitrogens with zero attached hydrogens (tertiary/aromatic N) is 1. The van der Waals surface area contributed by atoms with Gasteiger partial charge in [-0.15, -0.1) is 0 Å². The van der Waals surface area contributed by atoms with Crippen LogP contribution in [0.5, 0.6) is 0 Å². The maximum atomic E-state index is 13.3. The van der Waals surface area contributed by atoms with Gasteiger partial charge in [-0.1, -0.05) is 0 Å². The number of nitrogens with two attached hydrogens (primary N) is 1. The summed E-state index contributed by atoms with van der Waals surface area (Å²) in [7, 11) is 0. The molecule has 82 valence electrons. The molecule has 3 rings (SSSR count). The summed E-state index contributed by atoms with van der Waals surface area (Å²) in [6.45, 7) is 1.87. The number of hydrogen-bond donors (Lipinski definition) is 1. The number of hydrogen-bond acceptors (Lipinski definition) is 2. The second-order valence-electron chi connectivity index (χ2n) is 4.53. The Kier molecular flexibility index (Phi) is 1.90. The Morgan fingerprint density at radius 3 is 2.75 bits per heavy atom. The van der Waals surface area contributed by atoms with E-state index in [0.29, 0.717) is 11.6 Å². The lowest BCUT2D eigenvalue weighted by Gasteiger charge is -2.08. The lowest BCUT2D eigenvalue weighted by Crippen LogP contribution is -1.96. The molecule has 16 heavy (non-hydrogen) atoms. The Labute approximate surface area is 93.3 Å². The van der Waals surface area contributed by atoms with Crippen LogP contribution in [0.4, 0.5) is 10.1 Å². The molecule has 0 saturated heterocycles. The normalized spacial score (nSPS) is 15.6. The molecule has 0 amide bonds. The standard InChI is InChI=1S/C13H13FN2/c1-7-4-9(14)5-10-11(15)6-12(8-2-3-8)16-13(7)10/h4-6,8H,2-3H2,1H3,(H2,15,16). The third-order valence-corrected chi connectivity index (χ3v) is 3.12. The van der Waals surface area contributed by atoms with Gasteiger partial charge in [0.25, 0.3) is 0 Å². The Morgan fingerprint density at radius 2 is 2.06 bits per heavy atom. The van der Waals surface area contributed by atoms with E-state index in [4.69, 9.17) is 5.73 Å². The summed E-state index contributed by atoms with van der Waals surface area (Å²) in [6, 6.07) is 4.85. The SMILES string of the molecule is Cc1cc(F)cc2c(N)cc(C3CC3)nc12. The van der Waals surface area contributed by atoms with Gasteiger partial charge < -0.3 is 5.73 Å². The van der Waals surface area contributed by atoms with Crippen LogP contribution in [0.1, 0.15) is 30.0 Å². The van der Waals surface area contributed by atoms with Crippen LogP contribution in [-0.2, 0) is 0 Å². The van der Waals surface area contributed by atoms with Crippen molar-refractivity contribution < 1.29 is 4.39 Å². The third kappa shape index (κ3) is 1.43. The number of pyridine rings is 1. The van der Waals surface area contributed by atoms with Gasteiger partial charge in [-0.05, 0) is 43.5 Å². The van der Waals surface area contributed by atoms with E-state index >= 15 is 0 Å². The Balaban J connectivity index is 2.32. The summed E-state index contributed by atoms with van der Waals surface area (Å²) < 4.78 is 13.3. The number of rotatable bonds is 1. The van der Waals surface area contributed by atoms with E-state index in [-0.39, 0.29) is 5.82 Å². The molecule has 1 fully saturated rings. The van der Waals surface area contributed by atoms with Crippen molar-refractivity contribution in [2.24, 2.45) is 0 Å². The molecule has 1 aliphatic carbocycles. The lowest BCUT2D eigenvalue weighted by molar-refractivity contribution is 0.628. The smallest absolute Gasteiger partial charge is 0.124 e. The van der Waals surface area contributed by atoms with Gasteiger partial charge in [-0.2, -0.15) is 0 Å². The van der Waals surface area contributed by atoms with Crippen molar-refractivity contribution in [1.29, 1.82) is 0 Å². The second kappa shape index (κ2) is 3.17. The zero-order valence-corrected chi connectivity index (χ0v) is 9.13. The van der Waals surface area contributed by atoms with E-state index in [2.05, 4.69) is 4.98 Å². The monoisotopic (exact) mass is 216 g/mol. The molecule has 2 aromatic rings. The molecule has 0 spiro atoms. The molecule has 0 aliphatic heterocycles. The van der Waals surface area contributed by atoms with Crippen LogP contribution in [0.15, 0.2) is 18.2 Å². The molecule has 1 aromatic heterocycles. The molecule has 0 atom stereocenters. The van der Waals surface area contributed by atoms with Crippen LogP contribution in [0.25, 0.3) is 10.9 Å². The van der Waals surface area contributed by atoms with Gasteiger partial charge in [-0.25, -0.2) is 4.39 Å². The summed E-state index contributed by atoms with van der Waals surface area (Å²) in [6.07, 6.45) is 2.39. The first-order valence-electron chi connectivity index (χ1n) is 5.51. The molecule has 2 nitrogen and oxygen atoms in total.